The zero-order valence-corrected chi connectivity index (χ0v) is 28.9. The number of carbonyl (C=O) groups excluding carboxylic acids is 1. The number of hydrogen-bond acceptors (Lipinski definition) is 2. The molecule has 0 amide bonds. The molecule has 4 aromatic carbocycles. The first-order valence-electron chi connectivity index (χ1n) is 14.5. The van der Waals surface area contributed by atoms with Crippen LogP contribution in [0.2, 0.25) is 18.3 Å². The van der Waals surface area contributed by atoms with Crippen LogP contribution in [-0.2, 0) is 19.3 Å². The van der Waals surface area contributed by atoms with E-state index in [9.17, 15) is 4.79 Å². The van der Waals surface area contributed by atoms with E-state index >= 15 is 0 Å². The fraction of sp³-hybridized carbons (Fsp3) is 0.324. The Morgan fingerprint density at radius 2 is 0.878 bits per heavy atom. The SMILES string of the molecule is CC(C)([CH2][Sn]([CH2]C(C)(C)c1ccccc1)([CH2]C(C)(C)c1ccccc1)[O]C(=O)c1ccccc1Cl)c1ccccc1. The average Bonchev–Trinajstić information content (AvgIpc) is 2.94. The molecule has 0 aliphatic rings. The Morgan fingerprint density at radius 3 is 1.22 bits per heavy atom. The second-order valence-corrected chi connectivity index (χ2v) is 24.1. The van der Waals surface area contributed by atoms with Gasteiger partial charge in [0, 0.05) is 0 Å². The van der Waals surface area contributed by atoms with Crippen molar-refractivity contribution in [3.05, 3.63) is 143 Å². The van der Waals surface area contributed by atoms with Crippen molar-refractivity contribution in [1.82, 2.24) is 0 Å². The van der Waals surface area contributed by atoms with Gasteiger partial charge in [0.15, 0.2) is 0 Å². The molecule has 4 aromatic rings. The second kappa shape index (κ2) is 12.8. The Hall–Kier alpha value is -2.56. The third-order valence-electron chi connectivity index (χ3n) is 8.36. The van der Waals surface area contributed by atoms with Crippen LogP contribution in [0.15, 0.2) is 115 Å². The first kappa shape index (κ1) is 31.4. The molecule has 0 N–H and O–H groups in total. The zero-order chi connectivity index (χ0) is 29.7. The summed E-state index contributed by atoms with van der Waals surface area (Å²) in [6.07, 6.45) is 0. The van der Waals surface area contributed by atoms with Gasteiger partial charge < -0.3 is 0 Å². The van der Waals surface area contributed by atoms with E-state index in [4.69, 9.17) is 14.7 Å². The van der Waals surface area contributed by atoms with E-state index in [0.29, 0.717) is 10.6 Å². The molecule has 2 nitrogen and oxygen atoms in total. The average molecular weight is 674 g/mol. The minimum absolute atomic E-state index is 0.183. The van der Waals surface area contributed by atoms with Gasteiger partial charge in [-0.1, -0.05) is 0 Å². The van der Waals surface area contributed by atoms with Crippen LogP contribution in [0.3, 0.4) is 0 Å². The van der Waals surface area contributed by atoms with Crippen LogP contribution >= 0.6 is 11.6 Å². The van der Waals surface area contributed by atoms with Gasteiger partial charge in [0.05, 0.1) is 0 Å². The van der Waals surface area contributed by atoms with Crippen molar-refractivity contribution in [3.63, 3.8) is 0 Å². The van der Waals surface area contributed by atoms with Crippen molar-refractivity contribution in [2.24, 2.45) is 0 Å². The molecule has 0 saturated carbocycles. The van der Waals surface area contributed by atoms with Crippen LogP contribution in [0, 0.1) is 0 Å². The maximum atomic E-state index is 14.1. The normalized spacial score (nSPS) is 12.7. The van der Waals surface area contributed by atoms with Gasteiger partial charge in [0.2, 0.25) is 0 Å². The summed E-state index contributed by atoms with van der Waals surface area (Å²) in [5.74, 6) is -0.289. The molecule has 41 heavy (non-hydrogen) atoms. The number of benzene rings is 4. The van der Waals surface area contributed by atoms with Crippen molar-refractivity contribution in [3.8, 4) is 0 Å². The molecule has 4 rings (SSSR count). The van der Waals surface area contributed by atoms with Gasteiger partial charge in [-0.05, 0) is 0 Å². The van der Waals surface area contributed by atoms with Gasteiger partial charge in [-0.25, -0.2) is 0 Å². The monoisotopic (exact) mass is 674 g/mol. The number of carbonyl (C=O) groups is 1. The molecule has 0 unspecified atom stereocenters. The molecular formula is C37H43ClO2Sn. The van der Waals surface area contributed by atoms with E-state index in [1.807, 2.05) is 12.1 Å². The Kier molecular flexibility index (Phi) is 9.76. The van der Waals surface area contributed by atoms with Gasteiger partial charge in [-0.2, -0.15) is 0 Å². The van der Waals surface area contributed by atoms with Crippen LogP contribution in [0.1, 0.15) is 68.6 Å². The fourth-order valence-corrected chi connectivity index (χ4v) is 25.4. The van der Waals surface area contributed by atoms with Crippen molar-refractivity contribution in [2.75, 3.05) is 0 Å². The van der Waals surface area contributed by atoms with E-state index < -0.39 is 18.8 Å². The van der Waals surface area contributed by atoms with Crippen molar-refractivity contribution < 1.29 is 7.87 Å². The molecule has 0 aliphatic carbocycles. The maximum absolute atomic E-state index is 14.1. The third kappa shape index (κ3) is 7.84. The molecule has 0 aliphatic heterocycles. The molecule has 0 fully saturated rings. The summed E-state index contributed by atoms with van der Waals surface area (Å²) in [6, 6.07) is 39.3. The van der Waals surface area contributed by atoms with E-state index in [2.05, 4.69) is 133 Å². The van der Waals surface area contributed by atoms with Crippen LogP contribution in [-0.4, -0.2) is 24.8 Å². The molecule has 0 bridgehead atoms. The Morgan fingerprint density at radius 1 is 0.561 bits per heavy atom. The number of halogens is 1. The third-order valence-corrected chi connectivity index (χ3v) is 23.5. The van der Waals surface area contributed by atoms with E-state index in [-0.39, 0.29) is 22.2 Å². The Labute approximate surface area is 256 Å². The molecule has 0 aromatic heterocycles. The standard InChI is InChI=1S/3C10H13.C7H5ClO2.Sn/c3*1-10(2,3)9-7-5-4-6-8-9;8-6-4-2-1-3-5(6)7(9)10;/h3*4-8H,1H2,2-3H3;1-4H,(H,9,10);/q;;;;+1/p-1. The Balaban J connectivity index is 1.88. The summed E-state index contributed by atoms with van der Waals surface area (Å²) in [7, 11) is 0. The first-order valence-corrected chi connectivity index (χ1v) is 22.1. The predicted octanol–water partition coefficient (Wildman–Crippen LogP) is 10.4. The quantitative estimate of drug-likeness (QED) is 0.148. The molecule has 214 valence electrons. The van der Waals surface area contributed by atoms with Crippen molar-refractivity contribution >= 4 is 36.4 Å². The summed E-state index contributed by atoms with van der Waals surface area (Å²) in [5, 5.41) is 0.435. The molecule has 4 heteroatoms. The summed E-state index contributed by atoms with van der Waals surface area (Å²) in [5.41, 5.74) is 3.70. The predicted molar refractivity (Wildman–Crippen MR) is 175 cm³/mol. The van der Waals surface area contributed by atoms with Gasteiger partial charge in [-0.15, -0.1) is 0 Å². The summed E-state index contributed by atoms with van der Waals surface area (Å²) >= 11 is 2.55. The molecule has 0 atom stereocenters. The van der Waals surface area contributed by atoms with Gasteiger partial charge >= 0.3 is 258 Å². The molecular weight excluding hydrogens is 631 g/mol. The first-order chi connectivity index (χ1) is 19.3. The van der Waals surface area contributed by atoms with Crippen LogP contribution < -0.4 is 0 Å². The summed E-state index contributed by atoms with van der Waals surface area (Å²) in [6.45, 7) is 13.8. The minimum atomic E-state index is -4.00. The second-order valence-electron chi connectivity index (χ2n) is 13.3. The Bertz CT molecular complexity index is 1300. The number of rotatable bonds is 11. The van der Waals surface area contributed by atoms with Crippen molar-refractivity contribution in [1.29, 1.82) is 0 Å². The molecule has 0 saturated heterocycles. The zero-order valence-electron chi connectivity index (χ0n) is 25.3. The molecule has 0 spiro atoms. The van der Waals surface area contributed by atoms with Gasteiger partial charge in [0.25, 0.3) is 0 Å². The molecule has 0 heterocycles. The van der Waals surface area contributed by atoms with E-state index in [1.165, 1.54) is 16.7 Å². The van der Waals surface area contributed by atoms with E-state index in [0.717, 1.165) is 13.3 Å². The summed E-state index contributed by atoms with van der Waals surface area (Å²) < 4.78 is 9.63. The van der Waals surface area contributed by atoms with Crippen molar-refractivity contribution in [2.45, 2.75) is 71.1 Å². The number of hydrogen-bond donors (Lipinski definition) is 0. The fourth-order valence-electron chi connectivity index (χ4n) is 6.56. The van der Waals surface area contributed by atoms with Crippen LogP contribution in [0.25, 0.3) is 0 Å². The topological polar surface area (TPSA) is 26.3 Å². The molecule has 0 radical (unpaired) electrons. The van der Waals surface area contributed by atoms with E-state index in [1.54, 1.807) is 12.1 Å². The van der Waals surface area contributed by atoms with Gasteiger partial charge in [-0.3, -0.25) is 0 Å². The summed E-state index contributed by atoms with van der Waals surface area (Å²) in [4.78, 5) is 14.1. The van der Waals surface area contributed by atoms with Crippen LogP contribution in [0.4, 0.5) is 0 Å². The van der Waals surface area contributed by atoms with Gasteiger partial charge in [0.1, 0.15) is 0 Å². The van der Waals surface area contributed by atoms with Crippen LogP contribution in [0.5, 0.6) is 0 Å².